The van der Waals surface area contributed by atoms with E-state index < -0.39 is 157 Å². The van der Waals surface area contributed by atoms with E-state index in [0.29, 0.717) is 12.8 Å². The van der Waals surface area contributed by atoms with Crippen LogP contribution in [0, 0.1) is 11.8 Å². The van der Waals surface area contributed by atoms with Gasteiger partial charge in [0.05, 0.1) is 18.2 Å². The minimum atomic E-state index is -1.74. The quantitative estimate of drug-likeness (QED) is 0.0367. The molecule has 2 aromatic rings. The molecule has 1 aliphatic rings. The molecule has 2 aromatic carbocycles. The van der Waals surface area contributed by atoms with Crippen LogP contribution in [0.25, 0.3) is 11.1 Å². The number of hydrogen-bond donors (Lipinski definition) is 17. The van der Waals surface area contributed by atoms with E-state index in [9.17, 15) is 63.0 Å². The van der Waals surface area contributed by atoms with Gasteiger partial charge < -0.3 is 92.0 Å². The number of amides is 10. The van der Waals surface area contributed by atoms with E-state index in [4.69, 9.17) is 28.7 Å². The van der Waals surface area contributed by atoms with Crippen LogP contribution in [0.2, 0.25) is 0 Å². The Kier molecular flexibility index (Phi) is 35.0. The molecular weight excluding hydrogens is 1160 g/mol. The maximum atomic E-state index is 14.6. The summed E-state index contributed by atoms with van der Waals surface area (Å²) in [6.45, 7) is 7.06. The highest BCUT2D eigenvalue weighted by Crippen LogP contribution is 2.20. The Morgan fingerprint density at radius 2 is 1.08 bits per heavy atom. The second kappa shape index (κ2) is 41.0. The molecule has 0 aromatic heterocycles. The van der Waals surface area contributed by atoms with Gasteiger partial charge in [0.25, 0.3) is 5.91 Å². The number of Topliss-reactive ketones (excluding diaryl/α,β-unsaturated/α-hetero) is 1. The van der Waals surface area contributed by atoms with Gasteiger partial charge in [-0.15, -0.1) is 0 Å². The maximum Gasteiger partial charge on any atom is 0.251 e. The van der Waals surface area contributed by atoms with Crippen LogP contribution < -0.4 is 81.8 Å². The molecule has 0 radical (unpaired) electrons. The molecule has 1 saturated heterocycles. The number of ketones is 1. The third kappa shape index (κ3) is 26.2. The normalized spacial score (nSPS) is 22.0. The van der Waals surface area contributed by atoms with Gasteiger partial charge in [-0.25, -0.2) is 0 Å². The molecule has 10 amide bonds. The van der Waals surface area contributed by atoms with Gasteiger partial charge in [-0.1, -0.05) is 102 Å². The Morgan fingerprint density at radius 3 is 1.66 bits per heavy atom. The van der Waals surface area contributed by atoms with Gasteiger partial charge in [-0.2, -0.15) is 0 Å². The Labute approximate surface area is 527 Å². The predicted molar refractivity (Wildman–Crippen MR) is 338 cm³/mol. The molecule has 502 valence electrons. The summed E-state index contributed by atoms with van der Waals surface area (Å²) in [5.74, 6) is -10.7. The van der Waals surface area contributed by atoms with E-state index in [1.807, 2.05) is 44.2 Å². The SMILES string of the molecule is CCCCCCCC[C@H]1NC(=O)[C@H](CCN)NC(=O)[C@@H](NC(=O)[C@H](CCN)NC(=O)[C@@H](NC(=O)[C@H](CCN)NC(=O)c2ccc(-c3ccccc3)cc2)[C@@H](C)O)CCNC(=O)[C@H]([C@@H](C)O)NC(=O)[C@H](CCN)CC(=O)[C@H](CCN)NC(=O)[C@H](CC(C)C)NC1=O. The molecule has 1 fully saturated rings. The van der Waals surface area contributed by atoms with Crippen LogP contribution in [0.1, 0.15) is 141 Å². The smallest absolute Gasteiger partial charge is 0.251 e. The number of unbranched alkanes of at least 4 members (excludes halogenated alkanes) is 5. The second-order valence-electron chi connectivity index (χ2n) is 23.3. The molecule has 22 N–H and O–H groups in total. The summed E-state index contributed by atoms with van der Waals surface area (Å²) >= 11 is 0. The molecule has 28 nitrogen and oxygen atoms in total. The zero-order valence-electron chi connectivity index (χ0n) is 52.8. The first-order chi connectivity index (χ1) is 42.9. The summed E-state index contributed by atoms with van der Waals surface area (Å²) in [6, 6.07) is 2.98. The lowest BCUT2D eigenvalue weighted by Gasteiger charge is -2.29. The van der Waals surface area contributed by atoms with Crippen molar-refractivity contribution >= 4 is 64.9 Å². The molecule has 3 rings (SSSR count). The largest absolute Gasteiger partial charge is 0.391 e. The first-order valence-corrected chi connectivity index (χ1v) is 31.5. The first kappa shape index (κ1) is 76.8. The highest BCUT2D eigenvalue weighted by molar-refractivity contribution is 6.01. The van der Waals surface area contributed by atoms with Gasteiger partial charge in [-0.3, -0.25) is 52.7 Å². The molecule has 1 aliphatic heterocycles. The van der Waals surface area contributed by atoms with Crippen LogP contribution in [0.4, 0.5) is 0 Å². The Morgan fingerprint density at radius 1 is 0.544 bits per heavy atom. The van der Waals surface area contributed by atoms with Crippen LogP contribution in [0.3, 0.4) is 0 Å². The Balaban J connectivity index is 2.04. The minimum absolute atomic E-state index is 0.0482. The van der Waals surface area contributed by atoms with Crippen molar-refractivity contribution in [2.24, 2.45) is 40.5 Å². The zero-order chi connectivity index (χ0) is 66.9. The summed E-state index contributed by atoms with van der Waals surface area (Å²) in [4.78, 5) is 155. The number of aliphatic hydroxyl groups is 2. The lowest BCUT2D eigenvalue weighted by atomic mass is 9.92. The van der Waals surface area contributed by atoms with Crippen molar-refractivity contribution in [1.82, 2.24) is 53.2 Å². The van der Waals surface area contributed by atoms with Gasteiger partial charge in [-0.05, 0) is 127 Å². The molecule has 0 spiro atoms. The fourth-order valence-corrected chi connectivity index (χ4v) is 10.2. The van der Waals surface area contributed by atoms with E-state index in [1.165, 1.54) is 13.8 Å². The first-order valence-electron chi connectivity index (χ1n) is 31.5. The van der Waals surface area contributed by atoms with Crippen LogP contribution in [0.5, 0.6) is 0 Å². The molecule has 0 unspecified atom stereocenters. The van der Waals surface area contributed by atoms with Gasteiger partial charge in [0, 0.05) is 24.4 Å². The Bertz CT molecular complexity index is 2630. The molecule has 90 heavy (non-hydrogen) atoms. The monoisotopic (exact) mass is 1260 g/mol. The highest BCUT2D eigenvalue weighted by Gasteiger charge is 2.38. The van der Waals surface area contributed by atoms with Crippen molar-refractivity contribution in [3.8, 4) is 11.1 Å². The molecule has 0 bridgehead atoms. The average molecular weight is 1260 g/mol. The lowest BCUT2D eigenvalue weighted by molar-refractivity contribution is -0.136. The minimum Gasteiger partial charge on any atom is -0.391 e. The molecular formula is C62H101N15O13. The number of hydrogen-bond acceptors (Lipinski definition) is 18. The topological polar surface area (TPSA) is 479 Å². The summed E-state index contributed by atoms with van der Waals surface area (Å²) in [5.41, 5.74) is 31.6. The number of carbonyl (C=O) groups excluding carboxylic acids is 11. The third-order valence-electron chi connectivity index (χ3n) is 15.3. The standard InChI is InChI=1S/C62H101N15O13/c1-6-7-8-9-10-14-17-44-55(83)75-49(34-36(2)3)60(88)69-43(23-29-64)50(80)35-42(22-28-63)54(82)76-51(37(4)78)61(89)68-33-27-48(58(86)72-45(24-30-65)56(84)71-44)73-57(85)46(25-31-66)74-62(90)52(38(5)79)77-59(87)47(26-32-67)70-53(81)41-20-18-40(19-21-41)39-15-12-11-13-16-39/h11-13,15-16,18-21,36-38,42-49,51-52,78-79H,6-10,14,17,22-35,63-67H2,1-5H3,(H,68,89)(H,69,88)(H,70,81)(H,71,84)(H,72,86)(H,73,85)(H,74,90)(H,75,83)(H,76,82)(H,77,87)/t37-,38-,42-,43+,44-,45+,46+,47+,48+,49+,51+,52+/m1/s1. The van der Waals surface area contributed by atoms with Crippen LogP contribution in [0.15, 0.2) is 54.6 Å². The number of rotatable bonds is 30. The summed E-state index contributed by atoms with van der Waals surface area (Å²) in [6.07, 6.45) is 0.400. The van der Waals surface area contributed by atoms with Crippen LogP contribution in [-0.2, 0) is 47.9 Å². The van der Waals surface area contributed by atoms with Crippen LogP contribution in [-0.4, -0.2) is 181 Å². The second-order valence-corrected chi connectivity index (χ2v) is 23.3. The van der Waals surface area contributed by atoms with Crippen molar-refractivity contribution in [3.05, 3.63) is 60.2 Å². The number of aliphatic hydroxyl groups excluding tert-OH is 2. The van der Waals surface area contributed by atoms with Crippen LogP contribution >= 0.6 is 0 Å². The fourth-order valence-electron chi connectivity index (χ4n) is 10.2. The lowest BCUT2D eigenvalue weighted by Crippen LogP contribution is -2.62. The predicted octanol–water partition coefficient (Wildman–Crippen LogP) is -2.27. The zero-order valence-corrected chi connectivity index (χ0v) is 52.8. The molecule has 0 aliphatic carbocycles. The van der Waals surface area contributed by atoms with E-state index >= 15 is 0 Å². The maximum absolute atomic E-state index is 14.6. The third-order valence-corrected chi connectivity index (χ3v) is 15.3. The summed E-state index contributed by atoms with van der Waals surface area (Å²) < 4.78 is 0. The molecule has 0 saturated carbocycles. The van der Waals surface area contributed by atoms with E-state index in [1.54, 1.807) is 24.3 Å². The number of carbonyl (C=O) groups is 11. The van der Waals surface area contributed by atoms with Crippen molar-refractivity contribution in [2.45, 2.75) is 198 Å². The van der Waals surface area contributed by atoms with Gasteiger partial charge in [0.1, 0.15) is 48.3 Å². The number of benzene rings is 2. The molecule has 1 heterocycles. The molecule has 12 atom stereocenters. The highest BCUT2D eigenvalue weighted by atomic mass is 16.3. The Hall–Kier alpha value is -7.47. The van der Waals surface area contributed by atoms with Gasteiger partial charge >= 0.3 is 0 Å². The van der Waals surface area contributed by atoms with Crippen molar-refractivity contribution in [1.29, 1.82) is 0 Å². The fraction of sp³-hybridized carbons (Fsp3) is 0.629. The summed E-state index contributed by atoms with van der Waals surface area (Å²) in [7, 11) is 0. The van der Waals surface area contributed by atoms with Crippen molar-refractivity contribution in [2.75, 3.05) is 39.3 Å². The average Bonchev–Trinajstić information content (AvgIpc) is 3.53. The molecule has 28 heteroatoms. The van der Waals surface area contributed by atoms with Crippen molar-refractivity contribution < 1.29 is 63.0 Å². The van der Waals surface area contributed by atoms with Gasteiger partial charge in [0.2, 0.25) is 53.2 Å². The summed E-state index contributed by atoms with van der Waals surface area (Å²) in [5, 5.41) is 47.7. The van der Waals surface area contributed by atoms with E-state index in [2.05, 4.69) is 60.1 Å². The van der Waals surface area contributed by atoms with E-state index in [0.717, 1.165) is 36.8 Å². The number of nitrogens with two attached hydrogens (primary N) is 5. The number of nitrogens with one attached hydrogen (secondary N) is 10. The van der Waals surface area contributed by atoms with Gasteiger partial charge in [0.15, 0.2) is 5.78 Å². The van der Waals surface area contributed by atoms with E-state index in [-0.39, 0.29) is 89.2 Å². The van der Waals surface area contributed by atoms with Crippen molar-refractivity contribution in [3.63, 3.8) is 0 Å².